The Bertz CT molecular complexity index is 1830. The second-order valence-electron chi connectivity index (χ2n) is 11.9. The lowest BCUT2D eigenvalue weighted by Crippen LogP contribution is -2.41. The quantitative estimate of drug-likeness (QED) is 0.274. The van der Waals surface area contributed by atoms with E-state index in [4.69, 9.17) is 0 Å². The van der Waals surface area contributed by atoms with Gasteiger partial charge in [0.05, 0.1) is 11.3 Å². The van der Waals surface area contributed by atoms with Gasteiger partial charge in [0.2, 0.25) is 5.91 Å². The van der Waals surface area contributed by atoms with Gasteiger partial charge >= 0.3 is 5.69 Å². The maximum absolute atomic E-state index is 14.1. The van der Waals surface area contributed by atoms with E-state index in [1.54, 1.807) is 17.0 Å². The SMILES string of the molecule is CCCn1c2c(c(=O)n(CCCC(C)=O)c1=O)CC(c1ccc(N(CCCN3CCCCC3=O)C(=O)c3ccc(F)c(F)c3)nc1)=N2. The van der Waals surface area contributed by atoms with Crippen molar-refractivity contribution in [1.29, 1.82) is 0 Å². The lowest BCUT2D eigenvalue weighted by atomic mass is 10.1. The van der Waals surface area contributed by atoms with Gasteiger partial charge in [0.15, 0.2) is 11.6 Å². The van der Waals surface area contributed by atoms with Crippen LogP contribution < -0.4 is 16.1 Å². The van der Waals surface area contributed by atoms with Crippen LogP contribution in [0.1, 0.15) is 80.3 Å². The van der Waals surface area contributed by atoms with Crippen LogP contribution >= 0.6 is 0 Å². The summed E-state index contributed by atoms with van der Waals surface area (Å²) in [6.45, 7) is 5.16. The number of Topliss-reactive ketones (excluding diaryl/α,β-unsaturated/α-hetero) is 1. The molecule has 1 aromatic carbocycles. The molecule has 11 nitrogen and oxygen atoms in total. The second-order valence-corrected chi connectivity index (χ2v) is 11.9. The molecule has 0 N–H and O–H groups in total. The normalized spacial score (nSPS) is 14.3. The summed E-state index contributed by atoms with van der Waals surface area (Å²) in [5.41, 5.74) is 0.566. The Balaban J connectivity index is 1.40. The van der Waals surface area contributed by atoms with Gasteiger partial charge in [-0.3, -0.25) is 28.4 Å². The van der Waals surface area contributed by atoms with E-state index in [9.17, 15) is 32.8 Å². The number of hydrogen-bond acceptors (Lipinski definition) is 7. The van der Waals surface area contributed by atoms with Gasteiger partial charge in [-0.2, -0.15) is 0 Å². The molecule has 2 aromatic heterocycles. The maximum Gasteiger partial charge on any atom is 0.332 e. The van der Waals surface area contributed by atoms with Gasteiger partial charge < -0.3 is 9.69 Å². The Kier molecular flexibility index (Phi) is 10.5. The van der Waals surface area contributed by atoms with Crippen LogP contribution in [0.15, 0.2) is 51.1 Å². The Morgan fingerprint density at radius 3 is 2.45 bits per heavy atom. The van der Waals surface area contributed by atoms with Gasteiger partial charge in [-0.1, -0.05) is 6.92 Å². The number of rotatable bonds is 13. The van der Waals surface area contributed by atoms with E-state index < -0.39 is 28.8 Å². The van der Waals surface area contributed by atoms with E-state index in [2.05, 4.69) is 9.98 Å². The Hall–Kier alpha value is -4.81. The Morgan fingerprint density at radius 1 is 0.957 bits per heavy atom. The number of pyridine rings is 1. The lowest BCUT2D eigenvalue weighted by molar-refractivity contribution is -0.133. The molecular formula is C34H38F2N6O5. The summed E-state index contributed by atoms with van der Waals surface area (Å²) < 4.78 is 30.4. The number of ketones is 1. The smallest absolute Gasteiger partial charge is 0.332 e. The highest BCUT2D eigenvalue weighted by Gasteiger charge is 2.27. The van der Waals surface area contributed by atoms with Crippen LogP contribution in [0.3, 0.4) is 0 Å². The summed E-state index contributed by atoms with van der Waals surface area (Å²) in [5.74, 6) is -2.15. The third-order valence-corrected chi connectivity index (χ3v) is 8.43. The molecule has 3 aromatic rings. The molecule has 0 atom stereocenters. The predicted octanol–water partition coefficient (Wildman–Crippen LogP) is 4.19. The van der Waals surface area contributed by atoms with Crippen molar-refractivity contribution in [2.45, 2.75) is 78.3 Å². The maximum atomic E-state index is 14.1. The highest BCUT2D eigenvalue weighted by Crippen LogP contribution is 2.27. The number of anilines is 1. The molecule has 0 aliphatic carbocycles. The molecule has 0 bridgehead atoms. The van der Waals surface area contributed by atoms with Crippen LogP contribution in [0.2, 0.25) is 0 Å². The van der Waals surface area contributed by atoms with Gasteiger partial charge in [-0.15, -0.1) is 0 Å². The number of hydrogen-bond donors (Lipinski definition) is 0. The summed E-state index contributed by atoms with van der Waals surface area (Å²) in [6, 6.07) is 6.28. The van der Waals surface area contributed by atoms with Crippen molar-refractivity contribution in [2.75, 3.05) is 24.5 Å². The van der Waals surface area contributed by atoms with Crippen molar-refractivity contribution in [2.24, 2.45) is 4.99 Å². The lowest BCUT2D eigenvalue weighted by Gasteiger charge is -2.28. The first-order valence-electron chi connectivity index (χ1n) is 16.0. The number of likely N-dealkylation sites (tertiary alicyclic amines) is 1. The Morgan fingerprint density at radius 2 is 1.77 bits per heavy atom. The van der Waals surface area contributed by atoms with Crippen LogP contribution in [-0.4, -0.2) is 62.0 Å². The van der Waals surface area contributed by atoms with E-state index in [1.165, 1.54) is 33.2 Å². The van der Waals surface area contributed by atoms with Crippen LogP contribution in [-0.2, 0) is 29.1 Å². The number of amides is 2. The molecule has 0 spiro atoms. The molecule has 2 aliphatic rings. The topological polar surface area (TPSA) is 127 Å². The van der Waals surface area contributed by atoms with Gasteiger partial charge in [0.1, 0.15) is 17.4 Å². The fourth-order valence-corrected chi connectivity index (χ4v) is 5.98. The van der Waals surface area contributed by atoms with Crippen LogP contribution in [0, 0.1) is 11.6 Å². The van der Waals surface area contributed by atoms with Gasteiger partial charge in [0.25, 0.3) is 11.5 Å². The van der Waals surface area contributed by atoms with Crippen LogP contribution in [0.25, 0.3) is 0 Å². The van der Waals surface area contributed by atoms with E-state index in [-0.39, 0.29) is 49.0 Å². The molecule has 5 rings (SSSR count). The highest BCUT2D eigenvalue weighted by molar-refractivity contribution is 6.07. The average molecular weight is 649 g/mol. The second kappa shape index (κ2) is 14.7. The van der Waals surface area contributed by atoms with Crippen molar-refractivity contribution < 1.29 is 23.2 Å². The molecule has 13 heteroatoms. The van der Waals surface area contributed by atoms with E-state index in [0.717, 1.165) is 25.0 Å². The molecule has 4 heterocycles. The minimum absolute atomic E-state index is 0.0168. The number of carbonyl (C=O) groups is 3. The predicted molar refractivity (Wildman–Crippen MR) is 172 cm³/mol. The van der Waals surface area contributed by atoms with Crippen molar-refractivity contribution in [3.05, 3.63) is 85.7 Å². The minimum Gasteiger partial charge on any atom is -0.343 e. The summed E-state index contributed by atoms with van der Waals surface area (Å²) in [4.78, 5) is 76.3. The van der Waals surface area contributed by atoms with Gasteiger partial charge in [-0.25, -0.2) is 23.6 Å². The molecule has 47 heavy (non-hydrogen) atoms. The van der Waals surface area contributed by atoms with E-state index >= 15 is 0 Å². The number of piperidine rings is 1. The first kappa shape index (κ1) is 33.6. The third kappa shape index (κ3) is 7.44. The molecular weight excluding hydrogens is 610 g/mol. The number of benzene rings is 1. The third-order valence-electron chi connectivity index (χ3n) is 8.43. The number of halogens is 2. The number of nitrogens with zero attached hydrogens (tertiary/aromatic N) is 6. The fraction of sp³-hybridized carbons (Fsp3) is 0.441. The summed E-state index contributed by atoms with van der Waals surface area (Å²) in [6.07, 6.45) is 5.70. The molecule has 248 valence electrons. The van der Waals surface area contributed by atoms with E-state index in [0.29, 0.717) is 68.0 Å². The number of aliphatic imine (C=N–C) groups is 1. The first-order chi connectivity index (χ1) is 22.6. The summed E-state index contributed by atoms with van der Waals surface area (Å²) in [5, 5.41) is 0. The average Bonchev–Trinajstić information content (AvgIpc) is 3.50. The number of carbonyl (C=O) groups excluding carboxylic acids is 3. The van der Waals surface area contributed by atoms with Crippen LogP contribution in [0.5, 0.6) is 0 Å². The first-order valence-corrected chi connectivity index (χ1v) is 16.0. The molecule has 2 amide bonds. The summed E-state index contributed by atoms with van der Waals surface area (Å²) in [7, 11) is 0. The standard InChI is InChI=1S/C34H38F2N6O5/c1-3-14-41-31-25(33(46)42(34(41)47)17-6-8-22(2)43)20-28(38-31)24-11-13-29(37-21-24)40(18-7-16-39-15-5-4-9-30(39)44)32(45)23-10-12-26(35)27(36)19-23/h10-13,19,21H,3-9,14-18,20H2,1-2H3. The monoisotopic (exact) mass is 648 g/mol. The van der Waals surface area contributed by atoms with Crippen molar-refractivity contribution in [3.63, 3.8) is 0 Å². The fourth-order valence-electron chi connectivity index (χ4n) is 5.98. The number of aromatic nitrogens is 3. The highest BCUT2D eigenvalue weighted by atomic mass is 19.2. The zero-order chi connectivity index (χ0) is 33.7. The van der Waals surface area contributed by atoms with Gasteiger partial charge in [0, 0.05) is 69.3 Å². The Labute approximate surface area is 270 Å². The van der Waals surface area contributed by atoms with Crippen molar-refractivity contribution in [3.8, 4) is 0 Å². The molecule has 1 fully saturated rings. The van der Waals surface area contributed by atoms with E-state index in [1.807, 2.05) is 6.92 Å². The summed E-state index contributed by atoms with van der Waals surface area (Å²) >= 11 is 0. The minimum atomic E-state index is -1.14. The molecule has 0 radical (unpaired) electrons. The number of fused-ring (bicyclic) bond motifs is 1. The van der Waals surface area contributed by atoms with Crippen molar-refractivity contribution >= 4 is 34.9 Å². The molecule has 0 unspecified atom stereocenters. The molecule has 0 saturated carbocycles. The van der Waals surface area contributed by atoms with Crippen LogP contribution in [0.4, 0.5) is 20.4 Å². The molecule has 1 saturated heterocycles. The van der Waals surface area contributed by atoms with Gasteiger partial charge in [-0.05, 0) is 69.4 Å². The molecule has 2 aliphatic heterocycles. The zero-order valence-corrected chi connectivity index (χ0v) is 26.6. The zero-order valence-electron chi connectivity index (χ0n) is 26.6. The van der Waals surface area contributed by atoms with Crippen molar-refractivity contribution in [1.82, 2.24) is 19.0 Å². The largest absolute Gasteiger partial charge is 0.343 e.